The van der Waals surface area contributed by atoms with Gasteiger partial charge in [0.25, 0.3) is 0 Å². The lowest BCUT2D eigenvalue weighted by Gasteiger charge is -2.24. The van der Waals surface area contributed by atoms with Crippen LogP contribution in [0, 0.1) is 5.92 Å². The molecule has 1 atom stereocenters. The van der Waals surface area contributed by atoms with Crippen LogP contribution < -0.4 is 10.1 Å². The summed E-state index contributed by atoms with van der Waals surface area (Å²) in [6, 6.07) is 14.2. The van der Waals surface area contributed by atoms with Crippen LogP contribution in [-0.2, 0) is 12.1 Å². The molecule has 5 rings (SSSR count). The number of halogens is 1. The molecule has 0 spiro atoms. The van der Waals surface area contributed by atoms with Crippen molar-refractivity contribution < 1.29 is 9.84 Å². The molecule has 6 heteroatoms. The molecular weight excluding hydrogens is 506 g/mol. The maximum absolute atomic E-state index is 10.7. The van der Waals surface area contributed by atoms with Crippen LogP contribution in [0.5, 0.6) is 5.75 Å². The van der Waals surface area contributed by atoms with Gasteiger partial charge in [0, 0.05) is 48.5 Å². The number of likely N-dealkylation sites (tertiary alicyclic amines) is 1. The predicted molar refractivity (Wildman–Crippen MR) is 160 cm³/mol. The Morgan fingerprint density at radius 1 is 1.21 bits per heavy atom. The van der Waals surface area contributed by atoms with E-state index in [1.165, 1.54) is 12.0 Å². The fourth-order valence-corrected chi connectivity index (χ4v) is 5.79. The first kappa shape index (κ1) is 27.7. The summed E-state index contributed by atoms with van der Waals surface area (Å²) in [5, 5.41) is 14.8. The second kappa shape index (κ2) is 12.1. The van der Waals surface area contributed by atoms with Gasteiger partial charge in [-0.1, -0.05) is 48.9 Å². The summed E-state index contributed by atoms with van der Waals surface area (Å²) >= 11 is 6.07. The van der Waals surface area contributed by atoms with Crippen molar-refractivity contribution in [2.24, 2.45) is 5.92 Å². The Kier molecular flexibility index (Phi) is 8.63. The van der Waals surface area contributed by atoms with Crippen LogP contribution in [0.4, 0.5) is 0 Å². The van der Waals surface area contributed by atoms with E-state index in [2.05, 4.69) is 52.4 Å². The van der Waals surface area contributed by atoms with Crippen molar-refractivity contribution in [1.82, 2.24) is 15.1 Å². The zero-order chi connectivity index (χ0) is 27.4. The summed E-state index contributed by atoms with van der Waals surface area (Å²) in [5.41, 5.74) is 5.50. The molecule has 0 bridgehead atoms. The third-order valence-electron chi connectivity index (χ3n) is 7.91. The highest BCUT2D eigenvalue weighted by molar-refractivity contribution is 6.30. The number of hydrogen-bond donors (Lipinski definition) is 2. The van der Waals surface area contributed by atoms with Crippen molar-refractivity contribution in [2.45, 2.75) is 45.8 Å². The summed E-state index contributed by atoms with van der Waals surface area (Å²) in [7, 11) is 0. The van der Waals surface area contributed by atoms with Crippen molar-refractivity contribution in [2.75, 3.05) is 32.7 Å². The van der Waals surface area contributed by atoms with Gasteiger partial charge in [-0.2, -0.15) is 0 Å². The van der Waals surface area contributed by atoms with Gasteiger partial charge in [-0.05, 0) is 92.7 Å². The molecule has 2 aromatic rings. The number of aliphatic hydroxyl groups is 1. The average molecular weight is 546 g/mol. The van der Waals surface area contributed by atoms with E-state index in [0.717, 1.165) is 84.4 Å². The Balaban J connectivity index is 1.25. The first-order valence-corrected chi connectivity index (χ1v) is 14.5. The standard InChI is InChI=1S/C33H40ClN3O2/c1-4-36(20-24-9-12-27(34)13-10-24)21-25-15-18-37(22-25)17-6-8-28-29-7-5-16-35-31(29)23-39-32-14-11-26(19-30(28)32)33(2,3)38/h5,7-14,16,19,23,25,35,38H,4,6,15,17-18,20-22H2,1-3H3/t25-/m0/s1. The minimum Gasteiger partial charge on any atom is -0.462 e. The minimum atomic E-state index is -0.924. The van der Waals surface area contributed by atoms with Crippen LogP contribution in [0.3, 0.4) is 0 Å². The van der Waals surface area contributed by atoms with Crippen LogP contribution in [0.25, 0.3) is 5.57 Å². The number of rotatable bonds is 9. The molecule has 1 fully saturated rings. The average Bonchev–Trinajstić information content (AvgIpc) is 3.31. The number of ether oxygens (including phenoxy) is 1. The fraction of sp³-hybridized carbons (Fsp3) is 0.394. The molecule has 0 amide bonds. The number of hydrogen-bond acceptors (Lipinski definition) is 5. The highest BCUT2D eigenvalue weighted by Crippen LogP contribution is 2.40. The van der Waals surface area contributed by atoms with E-state index in [1.54, 1.807) is 6.26 Å². The normalized spacial score (nSPS) is 20.2. The zero-order valence-electron chi connectivity index (χ0n) is 23.3. The number of nitrogens with zero attached hydrogens (tertiary/aromatic N) is 2. The highest BCUT2D eigenvalue weighted by Gasteiger charge is 2.26. The van der Waals surface area contributed by atoms with Gasteiger partial charge in [-0.25, -0.2) is 0 Å². The Morgan fingerprint density at radius 3 is 2.79 bits per heavy atom. The largest absolute Gasteiger partial charge is 0.462 e. The summed E-state index contributed by atoms with van der Waals surface area (Å²) in [4.78, 5) is 5.15. The maximum Gasteiger partial charge on any atom is 0.134 e. The van der Waals surface area contributed by atoms with Crippen molar-refractivity contribution in [3.63, 3.8) is 0 Å². The summed E-state index contributed by atoms with van der Waals surface area (Å²) < 4.78 is 6.06. The van der Waals surface area contributed by atoms with Gasteiger partial charge in [0.2, 0.25) is 0 Å². The predicted octanol–water partition coefficient (Wildman–Crippen LogP) is 6.46. The Labute approximate surface area is 238 Å². The smallest absolute Gasteiger partial charge is 0.134 e. The van der Waals surface area contributed by atoms with Crippen LogP contribution in [0.2, 0.25) is 5.02 Å². The van der Waals surface area contributed by atoms with Crippen LogP contribution in [0.15, 0.2) is 84.4 Å². The Bertz CT molecular complexity index is 1290. The molecule has 3 heterocycles. The zero-order valence-corrected chi connectivity index (χ0v) is 24.0. The van der Waals surface area contributed by atoms with Crippen molar-refractivity contribution in [3.05, 3.63) is 106 Å². The molecular formula is C33H40ClN3O2. The van der Waals surface area contributed by atoms with Gasteiger partial charge in [0.15, 0.2) is 0 Å². The molecule has 3 aliphatic heterocycles. The molecule has 0 aromatic heterocycles. The summed E-state index contributed by atoms with van der Waals surface area (Å²) in [6.45, 7) is 12.4. The number of allylic oxidation sites excluding steroid dienone is 3. The SMILES string of the molecule is CCN(Cc1ccc(Cl)cc1)C[C@@H]1CCN(CCC=C2C3=CC=CNC3=COc3ccc(C(C)(C)O)cc32)C1. The first-order valence-electron chi connectivity index (χ1n) is 14.1. The van der Waals surface area contributed by atoms with Gasteiger partial charge in [0.05, 0.1) is 11.3 Å². The van der Waals surface area contributed by atoms with Crippen molar-refractivity contribution >= 4 is 17.2 Å². The van der Waals surface area contributed by atoms with Gasteiger partial charge in [0.1, 0.15) is 12.0 Å². The molecule has 0 aliphatic carbocycles. The Morgan fingerprint density at radius 2 is 2.03 bits per heavy atom. The maximum atomic E-state index is 10.7. The second-order valence-electron chi connectivity index (χ2n) is 11.3. The lowest BCUT2D eigenvalue weighted by atomic mass is 9.89. The lowest BCUT2D eigenvalue weighted by Crippen LogP contribution is -2.31. The lowest BCUT2D eigenvalue weighted by molar-refractivity contribution is 0.0785. The van der Waals surface area contributed by atoms with E-state index >= 15 is 0 Å². The van der Waals surface area contributed by atoms with Gasteiger partial charge < -0.3 is 20.1 Å². The van der Waals surface area contributed by atoms with Gasteiger partial charge in [-0.3, -0.25) is 4.90 Å². The number of nitrogens with one attached hydrogen (secondary N) is 1. The van der Waals surface area contributed by atoms with Gasteiger partial charge >= 0.3 is 0 Å². The molecule has 1 saturated heterocycles. The minimum absolute atomic E-state index is 0.691. The molecule has 0 unspecified atom stereocenters. The molecule has 206 valence electrons. The van der Waals surface area contributed by atoms with E-state index in [1.807, 2.05) is 50.4 Å². The van der Waals surface area contributed by atoms with E-state index in [-0.39, 0.29) is 0 Å². The summed E-state index contributed by atoms with van der Waals surface area (Å²) in [5.74, 6) is 1.50. The monoisotopic (exact) mass is 545 g/mol. The van der Waals surface area contributed by atoms with Gasteiger partial charge in [-0.15, -0.1) is 0 Å². The van der Waals surface area contributed by atoms with Crippen LogP contribution >= 0.6 is 11.6 Å². The quantitative estimate of drug-likeness (QED) is 0.378. The first-order chi connectivity index (χ1) is 18.8. The number of dihydropyridines is 1. The molecule has 39 heavy (non-hydrogen) atoms. The van der Waals surface area contributed by atoms with E-state index in [4.69, 9.17) is 16.3 Å². The summed E-state index contributed by atoms with van der Waals surface area (Å²) in [6.07, 6.45) is 12.4. The molecule has 2 aromatic carbocycles. The van der Waals surface area contributed by atoms with Crippen LogP contribution in [-0.4, -0.2) is 47.6 Å². The van der Waals surface area contributed by atoms with Crippen molar-refractivity contribution in [3.8, 4) is 5.75 Å². The molecule has 5 nitrogen and oxygen atoms in total. The molecule has 0 radical (unpaired) electrons. The third kappa shape index (κ3) is 6.85. The highest BCUT2D eigenvalue weighted by atomic mass is 35.5. The molecule has 0 saturated carbocycles. The third-order valence-corrected chi connectivity index (χ3v) is 8.16. The van der Waals surface area contributed by atoms with Crippen LogP contribution in [0.1, 0.15) is 50.3 Å². The number of fused-ring (bicyclic) bond motifs is 2. The topological polar surface area (TPSA) is 48.0 Å². The van der Waals surface area contributed by atoms with Crippen molar-refractivity contribution in [1.29, 1.82) is 0 Å². The van der Waals surface area contributed by atoms with E-state index in [9.17, 15) is 5.11 Å². The second-order valence-corrected chi connectivity index (χ2v) is 11.8. The fourth-order valence-electron chi connectivity index (χ4n) is 5.67. The van der Waals surface area contributed by atoms with E-state index in [0.29, 0.717) is 5.92 Å². The molecule has 2 N–H and O–H groups in total. The number of benzene rings is 2. The molecule has 3 aliphatic rings. The Hall–Kier alpha value is -2.83. The van der Waals surface area contributed by atoms with E-state index < -0.39 is 5.60 Å².